The molecule has 0 amide bonds. The number of benzene rings is 3. The van der Waals surface area contributed by atoms with Gasteiger partial charge in [-0.15, -0.1) is 0 Å². The minimum Gasteiger partial charge on any atom is -0.545 e. The van der Waals surface area contributed by atoms with Crippen LogP contribution in [0.15, 0.2) is 79.9 Å². The van der Waals surface area contributed by atoms with E-state index in [2.05, 4.69) is 13.2 Å². The van der Waals surface area contributed by atoms with Crippen molar-refractivity contribution in [2.45, 2.75) is 58.3 Å². The molecule has 3 aromatic rings. The van der Waals surface area contributed by atoms with Crippen LogP contribution in [0, 0.1) is 6.92 Å². The van der Waals surface area contributed by atoms with Crippen molar-refractivity contribution in [1.82, 2.24) is 0 Å². The fraction of sp³-hybridized carbons (Fsp3) is 0.333. The zero-order valence-corrected chi connectivity index (χ0v) is 27.8. The lowest BCUT2D eigenvalue weighted by atomic mass is 9.91. The SMILES string of the molecule is C=CC(=O)OCCCCCCOc1ccc(C(=O)[O-])c(-c2ccc(-c3cc(OCCCCCCOC(=O)C=C)ccc3C(=O)[O-])c(C)c2)c1. The van der Waals surface area contributed by atoms with Crippen LogP contribution >= 0.6 is 0 Å². The molecule has 0 aliphatic rings. The molecule has 0 fully saturated rings. The molecule has 0 radical (unpaired) electrons. The Balaban J connectivity index is 1.67. The quantitative estimate of drug-likeness (QED) is 0.0773. The summed E-state index contributed by atoms with van der Waals surface area (Å²) in [6.45, 7) is 10.1. The molecule has 0 atom stereocenters. The third-order valence-corrected chi connectivity index (χ3v) is 7.69. The fourth-order valence-electron chi connectivity index (χ4n) is 5.14. The maximum absolute atomic E-state index is 12.0. The van der Waals surface area contributed by atoms with Crippen LogP contribution in [0.4, 0.5) is 0 Å². The molecule has 0 unspecified atom stereocenters. The number of unbranched alkanes of at least 4 members (excludes halogenated alkanes) is 6. The van der Waals surface area contributed by atoms with Gasteiger partial charge in [-0.05, 0) is 123 Å². The average molecular weight is 671 g/mol. The van der Waals surface area contributed by atoms with E-state index in [4.69, 9.17) is 18.9 Å². The normalized spacial score (nSPS) is 10.6. The summed E-state index contributed by atoms with van der Waals surface area (Å²) in [6.07, 6.45) is 8.73. The van der Waals surface area contributed by atoms with Gasteiger partial charge >= 0.3 is 11.9 Å². The van der Waals surface area contributed by atoms with Crippen molar-refractivity contribution in [2.24, 2.45) is 0 Å². The highest BCUT2D eigenvalue weighted by atomic mass is 16.5. The number of hydrogen-bond acceptors (Lipinski definition) is 10. The highest BCUT2D eigenvalue weighted by molar-refractivity contribution is 5.97. The molecule has 3 rings (SSSR count). The Morgan fingerprint density at radius 1 is 0.571 bits per heavy atom. The van der Waals surface area contributed by atoms with Crippen molar-refractivity contribution >= 4 is 23.9 Å². The second kappa shape index (κ2) is 20.1. The van der Waals surface area contributed by atoms with Crippen LogP contribution in [0.5, 0.6) is 11.5 Å². The van der Waals surface area contributed by atoms with E-state index in [0.29, 0.717) is 65.7 Å². The van der Waals surface area contributed by atoms with Gasteiger partial charge in [-0.3, -0.25) is 0 Å². The Morgan fingerprint density at radius 2 is 1.02 bits per heavy atom. The number of carbonyl (C=O) groups excluding carboxylic acids is 4. The van der Waals surface area contributed by atoms with Crippen LogP contribution in [-0.4, -0.2) is 50.3 Å². The Morgan fingerprint density at radius 3 is 1.47 bits per heavy atom. The summed E-state index contributed by atoms with van der Waals surface area (Å²) in [7, 11) is 0. The van der Waals surface area contributed by atoms with Crippen LogP contribution in [0.3, 0.4) is 0 Å². The number of carboxylic acids is 2. The summed E-state index contributed by atoms with van der Waals surface area (Å²) in [5, 5.41) is 24.0. The van der Waals surface area contributed by atoms with Crippen LogP contribution in [0.25, 0.3) is 22.3 Å². The first-order valence-electron chi connectivity index (χ1n) is 16.3. The van der Waals surface area contributed by atoms with E-state index in [0.717, 1.165) is 63.5 Å². The van der Waals surface area contributed by atoms with Gasteiger partial charge in [0.1, 0.15) is 11.5 Å². The molecule has 49 heavy (non-hydrogen) atoms. The van der Waals surface area contributed by atoms with Gasteiger partial charge in [-0.25, -0.2) is 9.59 Å². The smallest absolute Gasteiger partial charge is 0.330 e. The molecule has 10 nitrogen and oxygen atoms in total. The molecule has 10 heteroatoms. The molecule has 0 bridgehead atoms. The number of ether oxygens (including phenoxy) is 4. The standard InChI is InChI=1S/C39H44O10/c1-4-36(40)48-22-12-8-6-10-20-46-29-15-18-32(38(42)43)34(25-29)28-14-17-31(27(3)24-28)35-26-30(16-19-33(35)39(44)45)47-21-11-7-9-13-23-49-37(41)5-2/h4-5,14-19,24-26H,1-2,6-13,20-23H2,3H3,(H,42,43)(H,44,45)/p-2. The zero-order valence-electron chi connectivity index (χ0n) is 27.8. The number of carboxylic acid groups (broad SMARTS) is 2. The first kappa shape index (κ1) is 38.1. The van der Waals surface area contributed by atoms with Crippen LogP contribution in [0.2, 0.25) is 0 Å². The van der Waals surface area contributed by atoms with Crippen molar-refractivity contribution in [1.29, 1.82) is 0 Å². The highest BCUT2D eigenvalue weighted by Crippen LogP contribution is 2.35. The number of rotatable bonds is 22. The molecule has 0 N–H and O–H groups in total. The van der Waals surface area contributed by atoms with E-state index in [9.17, 15) is 29.4 Å². The van der Waals surface area contributed by atoms with E-state index in [1.54, 1.807) is 42.5 Å². The molecule has 0 aromatic heterocycles. The molecular formula is C39H42O10-2. The fourth-order valence-corrected chi connectivity index (χ4v) is 5.14. The number of aryl methyl sites for hydroxylation is 1. The molecular weight excluding hydrogens is 628 g/mol. The minimum absolute atomic E-state index is 0.000807. The molecule has 0 saturated heterocycles. The topological polar surface area (TPSA) is 151 Å². The Kier molecular flexibility index (Phi) is 15.6. The number of carbonyl (C=O) groups is 4. The predicted octanol–water partition coefficient (Wildman–Crippen LogP) is 5.39. The summed E-state index contributed by atoms with van der Waals surface area (Å²) in [4.78, 5) is 46.2. The van der Waals surface area contributed by atoms with Crippen molar-refractivity contribution in [3.05, 3.63) is 96.6 Å². The van der Waals surface area contributed by atoms with Gasteiger partial charge in [0.05, 0.1) is 38.4 Å². The van der Waals surface area contributed by atoms with Gasteiger partial charge < -0.3 is 38.7 Å². The molecule has 0 heterocycles. The second-order valence-electron chi connectivity index (χ2n) is 11.3. The minimum atomic E-state index is -1.33. The summed E-state index contributed by atoms with van der Waals surface area (Å²) >= 11 is 0. The molecule has 0 aliphatic carbocycles. The maximum Gasteiger partial charge on any atom is 0.330 e. The van der Waals surface area contributed by atoms with E-state index in [1.807, 2.05) is 6.92 Å². The zero-order chi connectivity index (χ0) is 35.6. The summed E-state index contributed by atoms with van der Waals surface area (Å²) in [5.74, 6) is -2.53. The maximum atomic E-state index is 12.0. The summed E-state index contributed by atoms with van der Waals surface area (Å²) in [5.41, 5.74) is 2.77. The second-order valence-corrected chi connectivity index (χ2v) is 11.3. The Bertz CT molecular complexity index is 1620. The first-order valence-corrected chi connectivity index (χ1v) is 16.3. The Labute approximate surface area is 287 Å². The van der Waals surface area contributed by atoms with Crippen LogP contribution in [0.1, 0.15) is 77.6 Å². The van der Waals surface area contributed by atoms with Gasteiger partial charge in [-0.2, -0.15) is 0 Å². The van der Waals surface area contributed by atoms with Gasteiger partial charge in [0, 0.05) is 23.3 Å². The van der Waals surface area contributed by atoms with E-state index >= 15 is 0 Å². The third-order valence-electron chi connectivity index (χ3n) is 7.69. The van der Waals surface area contributed by atoms with Crippen LogP contribution < -0.4 is 19.7 Å². The van der Waals surface area contributed by atoms with Crippen LogP contribution in [-0.2, 0) is 19.1 Å². The van der Waals surface area contributed by atoms with Crippen molar-refractivity contribution in [3.63, 3.8) is 0 Å². The molecule has 0 saturated carbocycles. The predicted molar refractivity (Wildman–Crippen MR) is 181 cm³/mol. The third kappa shape index (κ3) is 12.3. The lowest BCUT2D eigenvalue weighted by Gasteiger charge is -2.18. The monoisotopic (exact) mass is 670 g/mol. The number of hydrogen-bond donors (Lipinski definition) is 0. The lowest BCUT2D eigenvalue weighted by molar-refractivity contribution is -0.256. The van der Waals surface area contributed by atoms with E-state index in [1.165, 1.54) is 12.1 Å². The Hall–Kier alpha value is -5.38. The van der Waals surface area contributed by atoms with Gasteiger partial charge in [-0.1, -0.05) is 31.4 Å². The molecule has 260 valence electrons. The average Bonchev–Trinajstić information content (AvgIpc) is 3.09. The summed E-state index contributed by atoms with van der Waals surface area (Å²) < 4.78 is 21.7. The van der Waals surface area contributed by atoms with E-state index < -0.39 is 23.9 Å². The van der Waals surface area contributed by atoms with Crippen molar-refractivity contribution in [2.75, 3.05) is 26.4 Å². The van der Waals surface area contributed by atoms with Gasteiger partial charge in [0.2, 0.25) is 0 Å². The number of esters is 2. The van der Waals surface area contributed by atoms with Crippen molar-refractivity contribution in [3.8, 4) is 33.8 Å². The number of aromatic carboxylic acids is 2. The molecule has 3 aromatic carbocycles. The first-order chi connectivity index (χ1) is 23.6. The highest BCUT2D eigenvalue weighted by Gasteiger charge is 2.14. The molecule has 0 aliphatic heterocycles. The molecule has 0 spiro atoms. The van der Waals surface area contributed by atoms with E-state index in [-0.39, 0.29) is 11.1 Å². The van der Waals surface area contributed by atoms with Crippen molar-refractivity contribution < 1.29 is 48.3 Å². The largest absolute Gasteiger partial charge is 0.545 e. The van der Waals surface area contributed by atoms with Gasteiger partial charge in [0.15, 0.2) is 0 Å². The van der Waals surface area contributed by atoms with Gasteiger partial charge in [0.25, 0.3) is 0 Å². The lowest BCUT2D eigenvalue weighted by Crippen LogP contribution is -2.23. The summed E-state index contributed by atoms with van der Waals surface area (Å²) in [6, 6.07) is 14.7.